The van der Waals surface area contributed by atoms with Crippen LogP contribution in [0.1, 0.15) is 24.4 Å². The third-order valence-corrected chi connectivity index (χ3v) is 5.77. The molecule has 0 radical (unpaired) electrons. The molecule has 2 N–H and O–H groups in total. The van der Waals surface area contributed by atoms with Crippen molar-refractivity contribution in [2.45, 2.75) is 18.9 Å². The van der Waals surface area contributed by atoms with Gasteiger partial charge in [0.25, 0.3) is 0 Å². The molecule has 2 aromatic carbocycles. The van der Waals surface area contributed by atoms with Crippen molar-refractivity contribution in [2.75, 3.05) is 46.2 Å². The molecule has 1 heterocycles. The summed E-state index contributed by atoms with van der Waals surface area (Å²) in [5.74, 6) is 0.777. The lowest BCUT2D eigenvalue weighted by molar-refractivity contribution is -0.126. The van der Waals surface area contributed by atoms with Crippen LogP contribution in [0.2, 0.25) is 0 Å². The molecule has 0 spiro atoms. The predicted octanol–water partition coefficient (Wildman–Crippen LogP) is 3.36. The number of ether oxygens (including phenoxy) is 1. The lowest BCUT2D eigenvalue weighted by atomic mass is 9.95. The lowest BCUT2D eigenvalue weighted by Gasteiger charge is -2.32. The van der Waals surface area contributed by atoms with Gasteiger partial charge in [-0.3, -0.25) is 4.79 Å². The number of urea groups is 1. The summed E-state index contributed by atoms with van der Waals surface area (Å²) in [6, 6.07) is 17.2. The number of likely N-dealkylation sites (N-methyl/N-ethyl adjacent to an activating group) is 1. The minimum Gasteiger partial charge on any atom is -0.496 e. The molecule has 3 amide bonds. The minimum absolute atomic E-state index is 0.0110. The van der Waals surface area contributed by atoms with E-state index in [0.717, 1.165) is 17.0 Å². The summed E-state index contributed by atoms with van der Waals surface area (Å²) in [5.41, 5.74) is 1.82. The van der Waals surface area contributed by atoms with Crippen LogP contribution >= 0.6 is 0 Å². The summed E-state index contributed by atoms with van der Waals surface area (Å²) >= 11 is 0. The van der Waals surface area contributed by atoms with Gasteiger partial charge in [0.15, 0.2) is 0 Å². The molecule has 3 rings (SSSR count). The van der Waals surface area contributed by atoms with Crippen molar-refractivity contribution in [1.29, 1.82) is 0 Å². The first-order chi connectivity index (χ1) is 15.0. The molecular weight excluding hydrogens is 392 g/mol. The number of hydrogen-bond acceptors (Lipinski definition) is 4. The van der Waals surface area contributed by atoms with E-state index in [1.807, 2.05) is 68.7 Å². The molecule has 1 unspecified atom stereocenters. The average Bonchev–Trinajstić information content (AvgIpc) is 2.80. The number of carbonyl (C=O) groups excluding carboxylic acids is 2. The van der Waals surface area contributed by atoms with Crippen LogP contribution < -0.4 is 15.4 Å². The van der Waals surface area contributed by atoms with Gasteiger partial charge in [0, 0.05) is 36.8 Å². The SMILES string of the molecule is COc1ccccc1C(CNC(=O)C1CCN(C(=O)Nc2ccccc2)CC1)N(C)C. The summed E-state index contributed by atoms with van der Waals surface area (Å²) in [5, 5.41) is 6.02. The molecule has 2 aromatic rings. The van der Waals surface area contributed by atoms with Crippen molar-refractivity contribution in [2.24, 2.45) is 5.92 Å². The highest BCUT2D eigenvalue weighted by Crippen LogP contribution is 2.27. The number of rotatable bonds is 7. The molecule has 0 aromatic heterocycles. The van der Waals surface area contributed by atoms with E-state index in [0.29, 0.717) is 32.5 Å². The fraction of sp³-hybridized carbons (Fsp3) is 0.417. The van der Waals surface area contributed by atoms with Crippen LogP contribution in [-0.4, -0.2) is 62.6 Å². The molecular formula is C24H32N4O3. The van der Waals surface area contributed by atoms with Crippen molar-refractivity contribution >= 4 is 17.6 Å². The monoisotopic (exact) mass is 424 g/mol. The van der Waals surface area contributed by atoms with Gasteiger partial charge < -0.3 is 25.2 Å². The second-order valence-electron chi connectivity index (χ2n) is 8.02. The summed E-state index contributed by atoms with van der Waals surface area (Å²) in [6.45, 7) is 1.64. The van der Waals surface area contributed by atoms with Crippen LogP contribution in [0.25, 0.3) is 0 Å². The Morgan fingerprint density at radius 1 is 1.06 bits per heavy atom. The van der Waals surface area contributed by atoms with Crippen LogP contribution in [0, 0.1) is 5.92 Å². The smallest absolute Gasteiger partial charge is 0.321 e. The number of benzene rings is 2. The normalized spacial score (nSPS) is 15.4. The number of piperidine rings is 1. The molecule has 1 atom stereocenters. The standard InChI is InChI=1S/C24H32N4O3/c1-27(2)21(20-11-7-8-12-22(20)31-3)17-25-23(29)18-13-15-28(16-14-18)24(30)26-19-9-5-4-6-10-19/h4-12,18,21H,13-17H2,1-3H3,(H,25,29)(H,26,30). The molecule has 1 saturated heterocycles. The molecule has 166 valence electrons. The van der Waals surface area contributed by atoms with Crippen LogP contribution in [0.3, 0.4) is 0 Å². The summed E-state index contributed by atoms with van der Waals surface area (Å²) < 4.78 is 5.49. The number of hydrogen-bond donors (Lipinski definition) is 2. The van der Waals surface area contributed by atoms with Crippen LogP contribution in [0.15, 0.2) is 54.6 Å². The maximum absolute atomic E-state index is 12.8. The third kappa shape index (κ3) is 5.98. The van der Waals surface area contributed by atoms with Gasteiger partial charge in [0.05, 0.1) is 13.2 Å². The topological polar surface area (TPSA) is 73.9 Å². The Hall–Kier alpha value is -3.06. The van der Waals surface area contributed by atoms with Gasteiger partial charge in [0.1, 0.15) is 5.75 Å². The van der Waals surface area contributed by atoms with Gasteiger partial charge >= 0.3 is 6.03 Å². The fourth-order valence-corrected chi connectivity index (χ4v) is 3.92. The van der Waals surface area contributed by atoms with Gasteiger partial charge in [-0.15, -0.1) is 0 Å². The first-order valence-corrected chi connectivity index (χ1v) is 10.7. The number of nitrogens with one attached hydrogen (secondary N) is 2. The van der Waals surface area contributed by atoms with E-state index in [1.54, 1.807) is 12.0 Å². The van der Waals surface area contributed by atoms with Crippen molar-refractivity contribution in [3.63, 3.8) is 0 Å². The predicted molar refractivity (Wildman–Crippen MR) is 122 cm³/mol. The van der Waals surface area contributed by atoms with Crippen molar-refractivity contribution < 1.29 is 14.3 Å². The van der Waals surface area contributed by atoms with E-state index >= 15 is 0 Å². The van der Waals surface area contributed by atoms with Crippen molar-refractivity contribution in [3.05, 3.63) is 60.2 Å². The molecule has 0 bridgehead atoms. The minimum atomic E-state index is -0.117. The van der Waals surface area contributed by atoms with E-state index in [9.17, 15) is 9.59 Å². The summed E-state index contributed by atoms with van der Waals surface area (Å²) in [6.07, 6.45) is 1.32. The first kappa shape index (κ1) is 22.6. The number of carbonyl (C=O) groups is 2. The molecule has 1 aliphatic rings. The molecule has 1 fully saturated rings. The Balaban J connectivity index is 1.50. The summed E-state index contributed by atoms with van der Waals surface area (Å²) in [4.78, 5) is 29.1. The van der Waals surface area contributed by atoms with E-state index in [2.05, 4.69) is 15.5 Å². The van der Waals surface area contributed by atoms with Crippen LogP contribution in [-0.2, 0) is 4.79 Å². The maximum atomic E-state index is 12.8. The summed E-state index contributed by atoms with van der Waals surface area (Å²) in [7, 11) is 5.64. The van der Waals surface area contributed by atoms with E-state index in [4.69, 9.17) is 4.74 Å². The fourth-order valence-electron chi connectivity index (χ4n) is 3.92. The number of anilines is 1. The lowest BCUT2D eigenvalue weighted by Crippen LogP contribution is -2.45. The average molecular weight is 425 g/mol. The third-order valence-electron chi connectivity index (χ3n) is 5.77. The second-order valence-corrected chi connectivity index (χ2v) is 8.02. The van der Waals surface area contributed by atoms with E-state index in [1.165, 1.54) is 0 Å². The number of nitrogens with zero attached hydrogens (tertiary/aromatic N) is 2. The molecule has 1 aliphatic heterocycles. The van der Waals surface area contributed by atoms with Gasteiger partial charge in [-0.1, -0.05) is 36.4 Å². The molecule has 7 nitrogen and oxygen atoms in total. The Morgan fingerprint density at radius 2 is 1.71 bits per heavy atom. The van der Waals surface area contributed by atoms with Crippen LogP contribution in [0.5, 0.6) is 5.75 Å². The number of methoxy groups -OCH3 is 1. The maximum Gasteiger partial charge on any atom is 0.321 e. The highest BCUT2D eigenvalue weighted by atomic mass is 16.5. The number of para-hydroxylation sites is 2. The Labute approximate surface area is 184 Å². The van der Waals surface area contributed by atoms with Crippen molar-refractivity contribution in [3.8, 4) is 5.75 Å². The van der Waals surface area contributed by atoms with Crippen LogP contribution in [0.4, 0.5) is 10.5 Å². The highest BCUT2D eigenvalue weighted by Gasteiger charge is 2.28. The number of likely N-dealkylation sites (tertiary alicyclic amines) is 1. The zero-order chi connectivity index (χ0) is 22.2. The Bertz CT molecular complexity index is 864. The largest absolute Gasteiger partial charge is 0.496 e. The quantitative estimate of drug-likeness (QED) is 0.715. The number of amides is 3. The van der Waals surface area contributed by atoms with Gasteiger partial charge in [-0.2, -0.15) is 0 Å². The molecule has 7 heteroatoms. The van der Waals surface area contributed by atoms with Gasteiger partial charge in [0.2, 0.25) is 5.91 Å². The molecule has 0 aliphatic carbocycles. The molecule has 31 heavy (non-hydrogen) atoms. The Morgan fingerprint density at radius 3 is 2.35 bits per heavy atom. The van der Waals surface area contributed by atoms with Gasteiger partial charge in [-0.05, 0) is 45.1 Å². The first-order valence-electron chi connectivity index (χ1n) is 10.7. The molecule has 0 saturated carbocycles. The zero-order valence-electron chi connectivity index (χ0n) is 18.5. The highest BCUT2D eigenvalue weighted by molar-refractivity contribution is 5.89. The Kier molecular flexibility index (Phi) is 7.89. The van der Waals surface area contributed by atoms with E-state index < -0.39 is 0 Å². The van der Waals surface area contributed by atoms with Gasteiger partial charge in [-0.25, -0.2) is 4.79 Å². The zero-order valence-corrected chi connectivity index (χ0v) is 18.5. The van der Waals surface area contributed by atoms with Crippen molar-refractivity contribution in [1.82, 2.24) is 15.1 Å². The second kappa shape index (κ2) is 10.8. The van der Waals surface area contributed by atoms with E-state index in [-0.39, 0.29) is 23.9 Å².